The Morgan fingerprint density at radius 3 is 2.79 bits per heavy atom. The van der Waals surface area contributed by atoms with Crippen LogP contribution in [0.25, 0.3) is 0 Å². The Kier molecular flexibility index (Phi) is 4.66. The summed E-state index contributed by atoms with van der Waals surface area (Å²) in [5.74, 6) is 0. The van der Waals surface area contributed by atoms with Crippen LogP contribution in [0.3, 0.4) is 0 Å². The smallest absolute Gasteiger partial charge is 0.0524 e. The molecule has 3 heteroatoms. The molecule has 0 amide bonds. The van der Waals surface area contributed by atoms with Crippen molar-refractivity contribution in [2.75, 3.05) is 13.6 Å². The van der Waals surface area contributed by atoms with Crippen LogP contribution in [-0.2, 0) is 19.4 Å². The number of aromatic nitrogens is 2. The van der Waals surface area contributed by atoms with Crippen LogP contribution >= 0.6 is 0 Å². The molecule has 14 heavy (non-hydrogen) atoms. The fraction of sp³-hybridized carbons (Fsp3) is 0.727. The van der Waals surface area contributed by atoms with Crippen LogP contribution in [0.15, 0.2) is 6.20 Å². The van der Waals surface area contributed by atoms with Crippen molar-refractivity contribution < 1.29 is 0 Å². The van der Waals surface area contributed by atoms with Gasteiger partial charge in [-0.3, -0.25) is 4.68 Å². The molecule has 1 aromatic rings. The average molecular weight is 195 g/mol. The fourth-order valence-electron chi connectivity index (χ4n) is 1.80. The van der Waals surface area contributed by atoms with Crippen molar-refractivity contribution in [2.45, 2.75) is 39.7 Å². The maximum absolute atomic E-state index is 4.38. The number of hydrogen-bond donors (Lipinski definition) is 1. The van der Waals surface area contributed by atoms with Gasteiger partial charge in [0.1, 0.15) is 0 Å². The van der Waals surface area contributed by atoms with E-state index in [0.29, 0.717) is 0 Å². The van der Waals surface area contributed by atoms with E-state index in [-0.39, 0.29) is 0 Å². The Balaban J connectivity index is 2.61. The van der Waals surface area contributed by atoms with Crippen LogP contribution in [0.2, 0.25) is 0 Å². The lowest BCUT2D eigenvalue weighted by Crippen LogP contribution is -2.09. The summed E-state index contributed by atoms with van der Waals surface area (Å²) in [5, 5.41) is 7.55. The van der Waals surface area contributed by atoms with Crippen LogP contribution in [0.1, 0.15) is 31.5 Å². The van der Waals surface area contributed by atoms with Crippen molar-refractivity contribution in [3.05, 3.63) is 17.5 Å². The molecule has 0 saturated carbocycles. The van der Waals surface area contributed by atoms with Gasteiger partial charge in [-0.05, 0) is 45.3 Å². The van der Waals surface area contributed by atoms with Crippen molar-refractivity contribution in [1.29, 1.82) is 0 Å². The molecule has 1 aromatic heterocycles. The Morgan fingerprint density at radius 2 is 2.21 bits per heavy atom. The Morgan fingerprint density at radius 1 is 1.43 bits per heavy atom. The summed E-state index contributed by atoms with van der Waals surface area (Å²) in [5.41, 5.74) is 2.83. The molecule has 0 aromatic carbocycles. The summed E-state index contributed by atoms with van der Waals surface area (Å²) in [6.45, 7) is 6.41. The minimum Gasteiger partial charge on any atom is -0.320 e. The van der Waals surface area contributed by atoms with Crippen LogP contribution in [0.4, 0.5) is 0 Å². The maximum Gasteiger partial charge on any atom is 0.0524 e. The molecule has 0 atom stereocenters. The molecular weight excluding hydrogens is 174 g/mol. The third-order valence-electron chi connectivity index (χ3n) is 2.54. The van der Waals surface area contributed by atoms with E-state index in [1.807, 2.05) is 13.2 Å². The lowest BCUT2D eigenvalue weighted by Gasteiger charge is -2.05. The van der Waals surface area contributed by atoms with Crippen LogP contribution in [0.5, 0.6) is 0 Å². The van der Waals surface area contributed by atoms with E-state index in [0.717, 1.165) is 25.9 Å². The van der Waals surface area contributed by atoms with Gasteiger partial charge in [-0.15, -0.1) is 0 Å². The van der Waals surface area contributed by atoms with E-state index in [4.69, 9.17) is 0 Å². The highest BCUT2D eigenvalue weighted by atomic mass is 15.3. The zero-order valence-corrected chi connectivity index (χ0v) is 9.51. The number of hydrogen-bond acceptors (Lipinski definition) is 2. The van der Waals surface area contributed by atoms with Crippen molar-refractivity contribution in [2.24, 2.45) is 0 Å². The van der Waals surface area contributed by atoms with Crippen molar-refractivity contribution in [3.63, 3.8) is 0 Å². The first-order chi connectivity index (χ1) is 6.83. The van der Waals surface area contributed by atoms with Crippen LogP contribution in [-0.4, -0.2) is 23.4 Å². The van der Waals surface area contributed by atoms with E-state index < -0.39 is 0 Å². The third kappa shape index (κ3) is 2.58. The van der Waals surface area contributed by atoms with Gasteiger partial charge in [0.25, 0.3) is 0 Å². The second-order valence-corrected chi connectivity index (χ2v) is 3.49. The zero-order valence-electron chi connectivity index (χ0n) is 9.51. The Bertz CT molecular complexity index is 265. The average Bonchev–Trinajstić information content (AvgIpc) is 2.60. The molecule has 1 rings (SSSR count). The second-order valence-electron chi connectivity index (χ2n) is 3.49. The van der Waals surface area contributed by atoms with Crippen LogP contribution in [0, 0.1) is 0 Å². The number of rotatable bonds is 6. The number of aryl methyl sites for hydroxylation is 2. The predicted molar refractivity (Wildman–Crippen MR) is 59.5 cm³/mol. The maximum atomic E-state index is 4.38. The molecule has 80 valence electrons. The summed E-state index contributed by atoms with van der Waals surface area (Å²) >= 11 is 0. The zero-order chi connectivity index (χ0) is 10.4. The van der Waals surface area contributed by atoms with Crippen molar-refractivity contribution in [1.82, 2.24) is 15.1 Å². The quantitative estimate of drug-likeness (QED) is 0.699. The van der Waals surface area contributed by atoms with Gasteiger partial charge in [-0.2, -0.15) is 5.10 Å². The molecule has 0 aliphatic carbocycles. The molecule has 1 heterocycles. The summed E-state index contributed by atoms with van der Waals surface area (Å²) in [7, 11) is 2.00. The van der Waals surface area contributed by atoms with Gasteiger partial charge >= 0.3 is 0 Å². The van der Waals surface area contributed by atoms with E-state index >= 15 is 0 Å². The topological polar surface area (TPSA) is 29.9 Å². The molecule has 0 spiro atoms. The van der Waals surface area contributed by atoms with Gasteiger partial charge in [0.05, 0.1) is 6.20 Å². The highest BCUT2D eigenvalue weighted by Gasteiger charge is 2.06. The van der Waals surface area contributed by atoms with Gasteiger partial charge in [0.2, 0.25) is 0 Å². The normalized spacial score (nSPS) is 10.8. The van der Waals surface area contributed by atoms with Crippen molar-refractivity contribution in [3.8, 4) is 0 Å². The van der Waals surface area contributed by atoms with E-state index in [1.165, 1.54) is 17.7 Å². The SMILES string of the molecule is CCc1c(CCCNC)cnn1CC. The highest BCUT2D eigenvalue weighted by Crippen LogP contribution is 2.11. The summed E-state index contributed by atoms with van der Waals surface area (Å²) < 4.78 is 2.11. The monoisotopic (exact) mass is 195 g/mol. The molecule has 0 aliphatic heterocycles. The molecule has 0 bridgehead atoms. The van der Waals surface area contributed by atoms with Gasteiger partial charge in [0.15, 0.2) is 0 Å². The molecular formula is C11H21N3. The lowest BCUT2D eigenvalue weighted by molar-refractivity contribution is 0.622. The van der Waals surface area contributed by atoms with Crippen molar-refractivity contribution >= 4 is 0 Å². The molecule has 0 saturated heterocycles. The Labute approximate surface area is 86.5 Å². The minimum atomic E-state index is 0.981. The van der Waals surface area contributed by atoms with E-state index in [9.17, 15) is 0 Å². The fourth-order valence-corrected chi connectivity index (χ4v) is 1.80. The van der Waals surface area contributed by atoms with E-state index in [1.54, 1.807) is 0 Å². The molecule has 3 nitrogen and oxygen atoms in total. The first-order valence-electron chi connectivity index (χ1n) is 5.51. The molecule has 0 unspecified atom stereocenters. The van der Waals surface area contributed by atoms with Gasteiger partial charge in [0, 0.05) is 12.2 Å². The first-order valence-corrected chi connectivity index (χ1v) is 5.51. The Hall–Kier alpha value is -0.830. The molecule has 0 radical (unpaired) electrons. The number of nitrogens with zero attached hydrogens (tertiary/aromatic N) is 2. The third-order valence-corrected chi connectivity index (χ3v) is 2.54. The largest absolute Gasteiger partial charge is 0.320 e. The second kappa shape index (κ2) is 5.81. The highest BCUT2D eigenvalue weighted by molar-refractivity contribution is 5.17. The summed E-state index contributed by atoms with van der Waals surface area (Å²) in [6.07, 6.45) is 5.45. The minimum absolute atomic E-state index is 0.981. The standard InChI is InChI=1S/C11H21N3/c1-4-11-10(7-6-8-12-3)9-13-14(11)5-2/h9,12H,4-8H2,1-3H3. The number of nitrogens with one attached hydrogen (secondary N) is 1. The van der Waals surface area contributed by atoms with E-state index in [2.05, 4.69) is 28.9 Å². The van der Waals surface area contributed by atoms with Gasteiger partial charge < -0.3 is 5.32 Å². The van der Waals surface area contributed by atoms with Crippen LogP contribution < -0.4 is 5.32 Å². The van der Waals surface area contributed by atoms with Gasteiger partial charge in [-0.1, -0.05) is 6.92 Å². The summed E-state index contributed by atoms with van der Waals surface area (Å²) in [6, 6.07) is 0. The lowest BCUT2D eigenvalue weighted by atomic mass is 10.1. The molecule has 1 N–H and O–H groups in total. The first kappa shape index (κ1) is 11.2. The molecule has 0 fully saturated rings. The summed E-state index contributed by atoms with van der Waals surface area (Å²) in [4.78, 5) is 0. The molecule has 0 aliphatic rings. The van der Waals surface area contributed by atoms with Gasteiger partial charge in [-0.25, -0.2) is 0 Å². The predicted octanol–water partition coefficient (Wildman–Crippen LogP) is 1.62.